The molecule has 3 aromatic carbocycles. The number of thiol groups is 2. The first kappa shape index (κ1) is 28.3. The van der Waals surface area contributed by atoms with E-state index in [9.17, 15) is 10.1 Å². The average Bonchev–Trinajstić information content (AvgIpc) is 3.10. The van der Waals surface area contributed by atoms with Crippen LogP contribution in [0, 0.1) is 10.1 Å². The Hall–Kier alpha value is -5.45. The zero-order valence-corrected chi connectivity index (χ0v) is 25.2. The fourth-order valence-corrected chi connectivity index (χ4v) is 5.41. The maximum Gasteiger partial charge on any atom is 0.273 e. The summed E-state index contributed by atoms with van der Waals surface area (Å²) in [5.74, 6) is 0.496. The highest BCUT2D eigenvalue weighted by Crippen LogP contribution is 2.36. The number of hydrogen-bond donors (Lipinski definition) is 2. The van der Waals surface area contributed by atoms with Gasteiger partial charge in [-0.25, -0.2) is 24.9 Å². The number of fused-ring (bicyclic) bond motifs is 2. The van der Waals surface area contributed by atoms with Gasteiger partial charge in [0.15, 0.2) is 11.0 Å². The number of nitro groups is 1. The SMILES string of the molecule is O=[N+]([O-])c1cc2nc(c1)/C=C\c1cc(-c3ccc(-c4ccc(S)cc4)cc3)c(cc1-c1cnc(-c3cnc(S)nc3)nc1)/C=C\2. The third-order valence-electron chi connectivity index (χ3n) is 7.41. The van der Waals surface area contributed by atoms with Crippen LogP contribution in [0.1, 0.15) is 22.5 Å². The molecule has 0 amide bonds. The normalized spacial score (nSPS) is 13.2. The van der Waals surface area contributed by atoms with E-state index in [2.05, 4.69) is 98.7 Å². The summed E-state index contributed by atoms with van der Waals surface area (Å²) in [6, 6.07) is 23.6. The highest BCUT2D eigenvalue weighted by atomic mass is 32.1. The first-order valence-corrected chi connectivity index (χ1v) is 14.7. The third-order valence-corrected chi connectivity index (χ3v) is 7.93. The number of aromatic nitrogens is 5. The van der Waals surface area contributed by atoms with Crippen molar-refractivity contribution in [2.75, 3.05) is 0 Å². The molecule has 3 aromatic heterocycles. The lowest BCUT2D eigenvalue weighted by molar-refractivity contribution is -0.385. The quantitative estimate of drug-likeness (QED) is 0.0858. The molecule has 0 N–H and O–H groups in total. The van der Waals surface area contributed by atoms with Crippen LogP contribution in [0.25, 0.3) is 69.1 Å². The van der Waals surface area contributed by atoms with Crippen molar-refractivity contribution in [3.05, 3.63) is 130 Å². The van der Waals surface area contributed by atoms with E-state index in [1.54, 1.807) is 36.9 Å². The standard InChI is InChI=1S/C35H22N6O2S2/c42-41(43)30-15-28-9-5-24-14-33(26-17-36-34(37-18-26)27-19-38-35(45)39-20-27)25(6-10-29(16-30)40-28)13-32(24)23-3-1-21(2-4-23)22-7-11-31(44)12-8-22/h1-20,44H,(H,38,39,45)/b9-5-,10-6-. The molecule has 8 rings (SSSR count). The molecular weight excluding hydrogens is 601 g/mol. The Morgan fingerprint density at radius 2 is 1.04 bits per heavy atom. The minimum atomic E-state index is -0.405. The third kappa shape index (κ3) is 6.01. The summed E-state index contributed by atoms with van der Waals surface area (Å²) in [6.45, 7) is 0. The van der Waals surface area contributed by atoms with E-state index >= 15 is 0 Å². The molecule has 0 saturated heterocycles. The van der Waals surface area contributed by atoms with Gasteiger partial charge in [-0.2, -0.15) is 0 Å². The van der Waals surface area contributed by atoms with Crippen LogP contribution in [-0.4, -0.2) is 29.8 Å². The first-order valence-electron chi connectivity index (χ1n) is 13.8. The summed E-state index contributed by atoms with van der Waals surface area (Å²) in [7, 11) is 0. The molecule has 216 valence electrons. The molecule has 4 bridgehead atoms. The molecule has 5 heterocycles. The van der Waals surface area contributed by atoms with E-state index in [-0.39, 0.29) is 5.69 Å². The van der Waals surface area contributed by atoms with E-state index in [4.69, 9.17) is 0 Å². The lowest BCUT2D eigenvalue weighted by Gasteiger charge is -2.14. The summed E-state index contributed by atoms with van der Waals surface area (Å²) in [6.07, 6.45) is 14.3. The summed E-state index contributed by atoms with van der Waals surface area (Å²) >= 11 is 8.55. The Kier molecular flexibility index (Phi) is 7.50. The molecule has 8 nitrogen and oxygen atoms in total. The van der Waals surface area contributed by atoms with Crippen LogP contribution in [0.3, 0.4) is 0 Å². The minimum Gasteiger partial charge on any atom is -0.258 e. The van der Waals surface area contributed by atoms with Crippen molar-refractivity contribution in [2.24, 2.45) is 0 Å². The molecule has 0 saturated carbocycles. The number of pyridine rings is 1. The van der Waals surface area contributed by atoms with E-state index in [0.29, 0.717) is 27.9 Å². The second kappa shape index (κ2) is 11.9. The van der Waals surface area contributed by atoms with E-state index in [1.165, 1.54) is 12.1 Å². The molecule has 0 atom stereocenters. The second-order valence-corrected chi connectivity index (χ2v) is 11.2. The lowest BCUT2D eigenvalue weighted by Crippen LogP contribution is -1.95. The fourth-order valence-electron chi connectivity index (χ4n) is 5.14. The van der Waals surface area contributed by atoms with Crippen LogP contribution in [0.4, 0.5) is 5.69 Å². The topological polar surface area (TPSA) is 108 Å². The highest BCUT2D eigenvalue weighted by molar-refractivity contribution is 7.80. The Balaban J connectivity index is 1.35. The van der Waals surface area contributed by atoms with Gasteiger partial charge in [0.05, 0.1) is 21.9 Å². The highest BCUT2D eigenvalue weighted by Gasteiger charge is 2.15. The van der Waals surface area contributed by atoms with Gasteiger partial charge in [-0.05, 0) is 75.4 Å². The van der Waals surface area contributed by atoms with Crippen molar-refractivity contribution in [3.8, 4) is 44.8 Å². The van der Waals surface area contributed by atoms with E-state index in [1.807, 2.05) is 24.3 Å². The molecule has 2 aliphatic rings. The maximum absolute atomic E-state index is 11.6. The van der Waals surface area contributed by atoms with Crippen LogP contribution in [0.2, 0.25) is 0 Å². The second-order valence-electron chi connectivity index (χ2n) is 10.3. The van der Waals surface area contributed by atoms with Gasteiger partial charge < -0.3 is 0 Å². The molecule has 10 heteroatoms. The van der Waals surface area contributed by atoms with Crippen molar-refractivity contribution in [2.45, 2.75) is 10.1 Å². The first-order chi connectivity index (χ1) is 21.9. The van der Waals surface area contributed by atoms with E-state index in [0.717, 1.165) is 49.4 Å². The van der Waals surface area contributed by atoms with Gasteiger partial charge in [0, 0.05) is 47.4 Å². The Morgan fingerprint density at radius 1 is 0.556 bits per heavy atom. The smallest absolute Gasteiger partial charge is 0.258 e. The minimum absolute atomic E-state index is 0.0206. The molecule has 2 aliphatic heterocycles. The van der Waals surface area contributed by atoms with Crippen molar-refractivity contribution < 1.29 is 4.92 Å². The predicted octanol–water partition coefficient (Wildman–Crippen LogP) is 8.47. The summed E-state index contributed by atoms with van der Waals surface area (Å²) < 4.78 is 0. The summed E-state index contributed by atoms with van der Waals surface area (Å²) in [5, 5.41) is 12.0. The number of benzene rings is 3. The number of nitrogens with zero attached hydrogens (tertiary/aromatic N) is 6. The number of hydrogen-bond acceptors (Lipinski definition) is 9. The van der Waals surface area contributed by atoms with Crippen molar-refractivity contribution in [1.29, 1.82) is 0 Å². The molecule has 6 aromatic rings. The van der Waals surface area contributed by atoms with Crippen molar-refractivity contribution in [1.82, 2.24) is 24.9 Å². The van der Waals surface area contributed by atoms with Gasteiger partial charge in [0.1, 0.15) is 0 Å². The Bertz CT molecular complexity index is 1980. The number of rotatable bonds is 5. The van der Waals surface area contributed by atoms with Gasteiger partial charge in [0.2, 0.25) is 0 Å². The monoisotopic (exact) mass is 622 g/mol. The van der Waals surface area contributed by atoms with Crippen molar-refractivity contribution >= 4 is 55.2 Å². The molecular formula is C35H22N6O2S2. The molecule has 0 spiro atoms. The summed E-state index contributed by atoms with van der Waals surface area (Å²) in [4.78, 5) is 34.2. The van der Waals surface area contributed by atoms with Crippen LogP contribution in [0.5, 0.6) is 0 Å². The Labute approximate surface area is 269 Å². The predicted molar refractivity (Wildman–Crippen MR) is 183 cm³/mol. The van der Waals surface area contributed by atoms with E-state index < -0.39 is 4.92 Å². The molecule has 0 fully saturated rings. The maximum atomic E-state index is 11.6. The van der Waals surface area contributed by atoms with Gasteiger partial charge in [-0.15, -0.1) is 25.3 Å². The lowest BCUT2D eigenvalue weighted by atomic mass is 9.90. The summed E-state index contributed by atoms with van der Waals surface area (Å²) in [5.41, 5.74) is 9.35. The molecule has 0 aliphatic carbocycles. The van der Waals surface area contributed by atoms with Crippen LogP contribution >= 0.6 is 25.3 Å². The molecule has 0 unspecified atom stereocenters. The van der Waals surface area contributed by atoms with Crippen LogP contribution < -0.4 is 0 Å². The van der Waals surface area contributed by atoms with Crippen molar-refractivity contribution in [3.63, 3.8) is 0 Å². The van der Waals surface area contributed by atoms with Gasteiger partial charge in [-0.1, -0.05) is 48.6 Å². The largest absolute Gasteiger partial charge is 0.273 e. The zero-order valence-electron chi connectivity index (χ0n) is 23.4. The Morgan fingerprint density at radius 3 is 1.60 bits per heavy atom. The molecule has 0 radical (unpaired) electrons. The van der Waals surface area contributed by atoms with Gasteiger partial charge >= 0.3 is 0 Å². The van der Waals surface area contributed by atoms with Crippen LogP contribution in [-0.2, 0) is 0 Å². The van der Waals surface area contributed by atoms with Gasteiger partial charge in [0.25, 0.3) is 5.69 Å². The van der Waals surface area contributed by atoms with Crippen LogP contribution in [0.15, 0.2) is 108 Å². The zero-order chi connectivity index (χ0) is 30.9. The average molecular weight is 623 g/mol. The fraction of sp³-hybridized carbons (Fsp3) is 0. The molecule has 45 heavy (non-hydrogen) atoms. The van der Waals surface area contributed by atoms with Gasteiger partial charge in [-0.3, -0.25) is 10.1 Å².